The Morgan fingerprint density at radius 1 is 1.64 bits per heavy atom. The van der Waals surface area contributed by atoms with Crippen LogP contribution in [0, 0.1) is 11.8 Å². The lowest BCUT2D eigenvalue weighted by Crippen LogP contribution is -2.07. The highest BCUT2D eigenvalue weighted by Crippen LogP contribution is 2.39. The molecule has 2 heteroatoms. The molecular formula is C9H12O2. The highest BCUT2D eigenvalue weighted by molar-refractivity contribution is 5.76. The molecule has 1 aliphatic rings. The molecule has 11 heavy (non-hydrogen) atoms. The van der Waals surface area contributed by atoms with Crippen molar-refractivity contribution in [2.45, 2.75) is 6.42 Å². The molecule has 0 aromatic heterocycles. The fourth-order valence-corrected chi connectivity index (χ4v) is 0.994. The van der Waals surface area contributed by atoms with Gasteiger partial charge in [0.2, 0.25) is 0 Å². The summed E-state index contributed by atoms with van der Waals surface area (Å²) < 4.78 is 4.84. The summed E-state index contributed by atoms with van der Waals surface area (Å²) in [6.07, 6.45) is 4.28. The Morgan fingerprint density at radius 3 is 2.82 bits per heavy atom. The number of allylic oxidation sites excluding steroid dienone is 1. The maximum atomic E-state index is 11.0. The van der Waals surface area contributed by atoms with Crippen LogP contribution in [0.1, 0.15) is 6.42 Å². The Balaban J connectivity index is 2.22. The first-order valence-electron chi connectivity index (χ1n) is 3.69. The number of hydrogen-bond donors (Lipinski definition) is 0. The van der Waals surface area contributed by atoms with Gasteiger partial charge in [-0.1, -0.05) is 18.7 Å². The van der Waals surface area contributed by atoms with Gasteiger partial charge >= 0.3 is 5.97 Å². The van der Waals surface area contributed by atoms with E-state index in [1.54, 1.807) is 12.2 Å². The number of ether oxygens (including phenoxy) is 1. The van der Waals surface area contributed by atoms with Gasteiger partial charge in [0.25, 0.3) is 0 Å². The van der Waals surface area contributed by atoms with Gasteiger partial charge in [0.15, 0.2) is 0 Å². The largest absolute Gasteiger partial charge is 0.461 e. The van der Waals surface area contributed by atoms with Gasteiger partial charge in [-0.2, -0.15) is 0 Å². The summed E-state index contributed by atoms with van der Waals surface area (Å²) in [5.41, 5.74) is 0. The van der Waals surface area contributed by atoms with Crippen molar-refractivity contribution in [2.75, 3.05) is 6.61 Å². The molecule has 60 valence electrons. The molecule has 0 heterocycles. The summed E-state index contributed by atoms with van der Waals surface area (Å²) in [6.45, 7) is 7.38. The van der Waals surface area contributed by atoms with Crippen molar-refractivity contribution in [3.05, 3.63) is 25.3 Å². The molecule has 1 saturated carbocycles. The van der Waals surface area contributed by atoms with Crippen LogP contribution >= 0.6 is 0 Å². The zero-order valence-corrected chi connectivity index (χ0v) is 6.45. The first-order chi connectivity index (χ1) is 5.29. The molecule has 1 rings (SSSR count). The fraction of sp³-hybridized carbons (Fsp3) is 0.444. The van der Waals surface area contributed by atoms with E-state index < -0.39 is 0 Å². The molecule has 0 amide bonds. The molecule has 0 aliphatic heterocycles. The summed E-state index contributed by atoms with van der Waals surface area (Å²) in [6, 6.07) is 0. The van der Waals surface area contributed by atoms with Crippen LogP contribution in [0.5, 0.6) is 0 Å². The van der Waals surface area contributed by atoms with E-state index in [0.717, 1.165) is 6.42 Å². The minimum atomic E-state index is -0.116. The fourth-order valence-electron chi connectivity index (χ4n) is 0.994. The van der Waals surface area contributed by atoms with E-state index in [0.29, 0.717) is 12.5 Å². The average Bonchev–Trinajstić information content (AvgIpc) is 2.78. The van der Waals surface area contributed by atoms with Crippen molar-refractivity contribution in [3.8, 4) is 0 Å². The Bertz CT molecular complexity index is 184. The molecule has 0 N–H and O–H groups in total. The molecule has 1 fully saturated rings. The van der Waals surface area contributed by atoms with E-state index in [1.807, 2.05) is 0 Å². The van der Waals surface area contributed by atoms with Crippen LogP contribution in [0.4, 0.5) is 0 Å². The van der Waals surface area contributed by atoms with Crippen LogP contribution in [0.3, 0.4) is 0 Å². The zero-order valence-electron chi connectivity index (χ0n) is 6.45. The van der Waals surface area contributed by atoms with E-state index in [2.05, 4.69) is 13.2 Å². The minimum Gasteiger partial charge on any atom is -0.461 e. The molecule has 1 aliphatic carbocycles. The number of hydrogen-bond acceptors (Lipinski definition) is 2. The van der Waals surface area contributed by atoms with Gasteiger partial charge in [0.1, 0.15) is 6.61 Å². The SMILES string of the molecule is C=CCOC(=O)[C@@H]1C[C@H]1C=C. The monoisotopic (exact) mass is 152 g/mol. The van der Waals surface area contributed by atoms with Crippen molar-refractivity contribution in [1.82, 2.24) is 0 Å². The van der Waals surface area contributed by atoms with Gasteiger partial charge in [0, 0.05) is 0 Å². The summed E-state index contributed by atoms with van der Waals surface area (Å²) >= 11 is 0. The first kappa shape index (κ1) is 8.05. The third-order valence-electron chi connectivity index (χ3n) is 1.79. The summed E-state index contributed by atoms with van der Waals surface area (Å²) in [7, 11) is 0. The van der Waals surface area contributed by atoms with Crippen molar-refractivity contribution in [3.63, 3.8) is 0 Å². The van der Waals surface area contributed by atoms with E-state index in [4.69, 9.17) is 4.74 Å². The van der Waals surface area contributed by atoms with Gasteiger partial charge < -0.3 is 4.74 Å². The standard InChI is InChI=1S/C9H12O2/c1-3-5-11-9(10)8-6-7(8)4-2/h3-4,7-8H,1-2,5-6H2/t7-,8-/m1/s1. The number of esters is 1. The average molecular weight is 152 g/mol. The molecular weight excluding hydrogens is 140 g/mol. The maximum Gasteiger partial charge on any atom is 0.309 e. The van der Waals surface area contributed by atoms with Crippen molar-refractivity contribution >= 4 is 5.97 Å². The predicted octanol–water partition coefficient (Wildman–Crippen LogP) is 1.54. The predicted molar refractivity (Wildman–Crippen MR) is 43.0 cm³/mol. The summed E-state index contributed by atoms with van der Waals surface area (Å²) in [5, 5.41) is 0. The number of rotatable bonds is 4. The Labute approximate surface area is 66.5 Å². The molecule has 0 aromatic rings. The molecule has 2 nitrogen and oxygen atoms in total. The van der Waals surface area contributed by atoms with Crippen LogP contribution in [0.25, 0.3) is 0 Å². The van der Waals surface area contributed by atoms with Gasteiger partial charge in [-0.3, -0.25) is 4.79 Å². The summed E-state index contributed by atoms with van der Waals surface area (Å²) in [4.78, 5) is 11.0. The molecule has 0 bridgehead atoms. The molecule has 0 spiro atoms. The van der Waals surface area contributed by atoms with Crippen molar-refractivity contribution in [2.24, 2.45) is 11.8 Å². The lowest BCUT2D eigenvalue weighted by atomic mass is 10.3. The highest BCUT2D eigenvalue weighted by Gasteiger charge is 2.41. The number of carbonyl (C=O) groups is 1. The van der Waals surface area contributed by atoms with E-state index in [9.17, 15) is 4.79 Å². The minimum absolute atomic E-state index is 0.0763. The number of carbonyl (C=O) groups excluding carboxylic acids is 1. The maximum absolute atomic E-state index is 11.0. The molecule has 2 atom stereocenters. The highest BCUT2D eigenvalue weighted by atomic mass is 16.5. The molecule has 0 radical (unpaired) electrons. The molecule has 0 saturated heterocycles. The van der Waals surface area contributed by atoms with Crippen LogP contribution < -0.4 is 0 Å². The Kier molecular flexibility index (Phi) is 2.47. The van der Waals surface area contributed by atoms with Gasteiger partial charge in [-0.05, 0) is 12.3 Å². The topological polar surface area (TPSA) is 26.3 Å². The van der Waals surface area contributed by atoms with Crippen LogP contribution in [0.2, 0.25) is 0 Å². The van der Waals surface area contributed by atoms with Gasteiger partial charge in [-0.25, -0.2) is 0 Å². The third-order valence-corrected chi connectivity index (χ3v) is 1.79. The smallest absolute Gasteiger partial charge is 0.309 e. The quantitative estimate of drug-likeness (QED) is 0.451. The second kappa shape index (κ2) is 3.37. The molecule has 0 aromatic carbocycles. The first-order valence-corrected chi connectivity index (χ1v) is 3.69. The zero-order chi connectivity index (χ0) is 8.27. The lowest BCUT2D eigenvalue weighted by molar-refractivity contribution is -0.144. The molecule has 0 unspecified atom stereocenters. The summed E-state index contributed by atoms with van der Waals surface area (Å²) in [5.74, 6) is 0.314. The van der Waals surface area contributed by atoms with Crippen LogP contribution in [-0.2, 0) is 9.53 Å². The second-order valence-electron chi connectivity index (χ2n) is 2.66. The van der Waals surface area contributed by atoms with Crippen LogP contribution in [-0.4, -0.2) is 12.6 Å². The van der Waals surface area contributed by atoms with E-state index in [-0.39, 0.29) is 11.9 Å². The van der Waals surface area contributed by atoms with Crippen molar-refractivity contribution in [1.29, 1.82) is 0 Å². The Morgan fingerprint density at radius 2 is 2.36 bits per heavy atom. The van der Waals surface area contributed by atoms with Gasteiger partial charge in [-0.15, -0.1) is 6.58 Å². The lowest BCUT2D eigenvalue weighted by Gasteiger charge is -1.98. The van der Waals surface area contributed by atoms with Crippen LogP contribution in [0.15, 0.2) is 25.3 Å². The van der Waals surface area contributed by atoms with E-state index >= 15 is 0 Å². The third kappa shape index (κ3) is 1.93. The Hall–Kier alpha value is -1.05. The normalized spacial score (nSPS) is 27.3. The second-order valence-corrected chi connectivity index (χ2v) is 2.66. The van der Waals surface area contributed by atoms with E-state index in [1.165, 1.54) is 0 Å². The van der Waals surface area contributed by atoms with Gasteiger partial charge in [0.05, 0.1) is 5.92 Å². The van der Waals surface area contributed by atoms with Crippen molar-refractivity contribution < 1.29 is 9.53 Å².